The summed E-state index contributed by atoms with van der Waals surface area (Å²) in [6.07, 6.45) is -0.974. The molecule has 2 N–H and O–H groups in total. The van der Waals surface area contributed by atoms with Crippen LogP contribution in [0.4, 0.5) is 0 Å². The molecule has 0 saturated carbocycles. The van der Waals surface area contributed by atoms with Crippen LogP contribution in [0.2, 0.25) is 5.02 Å². The maximum atomic E-state index is 11.9. The lowest BCUT2D eigenvalue weighted by molar-refractivity contribution is -0.154. The quantitative estimate of drug-likeness (QED) is 0.564. The maximum absolute atomic E-state index is 11.9. The molecule has 144 valence electrons. The second-order valence-electron chi connectivity index (χ2n) is 5.49. The molecule has 0 aliphatic carbocycles. The molecular weight excluding hydrogens is 386 g/mol. The average molecular weight is 402 g/mol. The van der Waals surface area contributed by atoms with E-state index >= 15 is 0 Å². The number of nitriles is 1. The number of hydrazine groups is 1. The molecule has 0 aliphatic heterocycles. The Kier molecular flexibility index (Phi) is 7.37. The van der Waals surface area contributed by atoms with E-state index in [0.29, 0.717) is 11.3 Å². The highest BCUT2D eigenvalue weighted by Crippen LogP contribution is 2.15. The van der Waals surface area contributed by atoms with Crippen molar-refractivity contribution in [3.63, 3.8) is 0 Å². The zero-order valence-electron chi connectivity index (χ0n) is 14.8. The number of ether oxygens (including phenoxy) is 2. The summed E-state index contributed by atoms with van der Waals surface area (Å²) in [6, 6.07) is 14.5. The molecule has 28 heavy (non-hydrogen) atoms. The van der Waals surface area contributed by atoms with Crippen LogP contribution in [0.15, 0.2) is 48.5 Å². The second-order valence-corrected chi connectivity index (χ2v) is 5.89. The van der Waals surface area contributed by atoms with Gasteiger partial charge < -0.3 is 9.47 Å². The van der Waals surface area contributed by atoms with Crippen LogP contribution in [0.1, 0.15) is 22.8 Å². The summed E-state index contributed by atoms with van der Waals surface area (Å²) in [5, 5.41) is 8.97. The van der Waals surface area contributed by atoms with Gasteiger partial charge in [-0.05, 0) is 43.3 Å². The first-order valence-corrected chi connectivity index (χ1v) is 8.45. The lowest BCUT2D eigenvalue weighted by atomic mass is 10.2. The molecule has 0 spiro atoms. The van der Waals surface area contributed by atoms with E-state index in [1.807, 2.05) is 6.07 Å². The SMILES string of the molecule is C[C@@H](Oc1ccc(C#N)cc1)C(=O)OCC(=O)NNC(=O)c1ccccc1Cl. The summed E-state index contributed by atoms with van der Waals surface area (Å²) in [5.74, 6) is -1.74. The molecule has 2 rings (SSSR count). The van der Waals surface area contributed by atoms with Crippen molar-refractivity contribution >= 4 is 29.4 Å². The number of halogens is 1. The molecule has 0 radical (unpaired) electrons. The van der Waals surface area contributed by atoms with E-state index in [2.05, 4.69) is 10.9 Å². The molecule has 1 atom stereocenters. The highest BCUT2D eigenvalue weighted by molar-refractivity contribution is 6.33. The Morgan fingerprint density at radius 3 is 2.43 bits per heavy atom. The van der Waals surface area contributed by atoms with Crippen LogP contribution in [0, 0.1) is 11.3 Å². The summed E-state index contributed by atoms with van der Waals surface area (Å²) >= 11 is 5.88. The van der Waals surface area contributed by atoms with E-state index in [9.17, 15) is 14.4 Å². The van der Waals surface area contributed by atoms with Gasteiger partial charge >= 0.3 is 5.97 Å². The molecule has 0 aromatic heterocycles. The van der Waals surface area contributed by atoms with Crippen molar-refractivity contribution in [1.82, 2.24) is 10.9 Å². The fourth-order valence-electron chi connectivity index (χ4n) is 1.99. The van der Waals surface area contributed by atoms with Gasteiger partial charge in [0.2, 0.25) is 0 Å². The lowest BCUT2D eigenvalue weighted by Crippen LogP contribution is -2.44. The minimum Gasteiger partial charge on any atom is -0.479 e. The average Bonchev–Trinajstić information content (AvgIpc) is 2.71. The molecule has 2 amide bonds. The van der Waals surface area contributed by atoms with E-state index in [4.69, 9.17) is 26.3 Å². The van der Waals surface area contributed by atoms with Crippen molar-refractivity contribution in [2.45, 2.75) is 13.0 Å². The Balaban J connectivity index is 1.75. The zero-order chi connectivity index (χ0) is 20.5. The van der Waals surface area contributed by atoms with Gasteiger partial charge in [-0.3, -0.25) is 20.4 Å². The number of amides is 2. The van der Waals surface area contributed by atoms with Gasteiger partial charge in [-0.25, -0.2) is 4.79 Å². The van der Waals surface area contributed by atoms with E-state index in [-0.39, 0.29) is 10.6 Å². The van der Waals surface area contributed by atoms with Crippen LogP contribution in [0.3, 0.4) is 0 Å². The summed E-state index contributed by atoms with van der Waals surface area (Å²) in [4.78, 5) is 35.5. The van der Waals surface area contributed by atoms with Crippen LogP contribution < -0.4 is 15.6 Å². The van der Waals surface area contributed by atoms with Gasteiger partial charge in [0, 0.05) is 0 Å². The van der Waals surface area contributed by atoms with E-state index in [0.717, 1.165) is 0 Å². The molecule has 0 bridgehead atoms. The highest BCUT2D eigenvalue weighted by Gasteiger charge is 2.18. The minimum absolute atomic E-state index is 0.186. The van der Waals surface area contributed by atoms with Crippen molar-refractivity contribution in [3.05, 3.63) is 64.7 Å². The number of carbonyl (C=O) groups is 3. The number of esters is 1. The number of carbonyl (C=O) groups excluding carboxylic acids is 3. The minimum atomic E-state index is -0.974. The summed E-state index contributed by atoms with van der Waals surface area (Å²) < 4.78 is 10.2. The third-order valence-corrected chi connectivity index (χ3v) is 3.74. The Morgan fingerprint density at radius 2 is 1.79 bits per heavy atom. The van der Waals surface area contributed by atoms with E-state index < -0.39 is 30.5 Å². The predicted octanol–water partition coefficient (Wildman–Crippen LogP) is 1.98. The number of nitrogens with one attached hydrogen (secondary N) is 2. The Morgan fingerprint density at radius 1 is 1.11 bits per heavy atom. The van der Waals surface area contributed by atoms with Gasteiger partial charge in [0.15, 0.2) is 12.7 Å². The van der Waals surface area contributed by atoms with Crippen molar-refractivity contribution < 1.29 is 23.9 Å². The molecule has 8 nitrogen and oxygen atoms in total. The number of rotatable bonds is 6. The summed E-state index contributed by atoms with van der Waals surface area (Å²) in [5.41, 5.74) is 4.93. The Hall–Kier alpha value is -3.57. The molecule has 0 heterocycles. The molecular formula is C19H16ClN3O5. The molecule has 9 heteroatoms. The fourth-order valence-corrected chi connectivity index (χ4v) is 2.21. The topological polar surface area (TPSA) is 118 Å². The number of benzene rings is 2. The number of hydrogen-bond donors (Lipinski definition) is 2. The van der Waals surface area contributed by atoms with Crippen molar-refractivity contribution in [2.75, 3.05) is 6.61 Å². The Labute approximate surface area is 166 Å². The van der Waals surface area contributed by atoms with Gasteiger partial charge in [0.1, 0.15) is 5.75 Å². The largest absolute Gasteiger partial charge is 0.479 e. The number of hydrogen-bond acceptors (Lipinski definition) is 6. The normalized spacial score (nSPS) is 10.9. The van der Waals surface area contributed by atoms with Crippen molar-refractivity contribution in [1.29, 1.82) is 5.26 Å². The van der Waals surface area contributed by atoms with Crippen molar-refractivity contribution in [3.8, 4) is 11.8 Å². The van der Waals surface area contributed by atoms with Crippen LogP contribution in [0.25, 0.3) is 0 Å². The van der Waals surface area contributed by atoms with E-state index in [1.54, 1.807) is 36.4 Å². The third kappa shape index (κ3) is 6.00. The molecule has 0 unspecified atom stereocenters. The Bertz CT molecular complexity index is 909. The predicted molar refractivity (Wildman–Crippen MR) is 99.3 cm³/mol. The lowest BCUT2D eigenvalue weighted by Gasteiger charge is -2.14. The smallest absolute Gasteiger partial charge is 0.347 e. The maximum Gasteiger partial charge on any atom is 0.347 e. The van der Waals surface area contributed by atoms with Crippen LogP contribution in [-0.2, 0) is 14.3 Å². The number of nitrogens with zero attached hydrogens (tertiary/aromatic N) is 1. The third-order valence-electron chi connectivity index (χ3n) is 3.41. The first kappa shape index (κ1) is 20.7. The monoisotopic (exact) mass is 401 g/mol. The van der Waals surface area contributed by atoms with Gasteiger partial charge in [0.05, 0.1) is 22.2 Å². The first-order valence-electron chi connectivity index (χ1n) is 8.08. The molecule has 2 aromatic rings. The first-order chi connectivity index (χ1) is 13.4. The van der Waals surface area contributed by atoms with Gasteiger partial charge in [-0.1, -0.05) is 23.7 Å². The van der Waals surface area contributed by atoms with Crippen LogP contribution >= 0.6 is 11.6 Å². The molecule has 0 saturated heterocycles. The standard InChI is InChI=1S/C19H16ClN3O5/c1-12(28-14-8-6-13(10-21)7-9-14)19(26)27-11-17(24)22-23-18(25)15-4-2-3-5-16(15)20/h2-9,12H,11H2,1H3,(H,22,24)(H,23,25)/t12-/m1/s1. The molecule has 0 fully saturated rings. The highest BCUT2D eigenvalue weighted by atomic mass is 35.5. The van der Waals surface area contributed by atoms with Crippen LogP contribution in [-0.4, -0.2) is 30.5 Å². The van der Waals surface area contributed by atoms with Gasteiger partial charge in [-0.15, -0.1) is 0 Å². The molecule has 2 aromatic carbocycles. The zero-order valence-corrected chi connectivity index (χ0v) is 15.5. The van der Waals surface area contributed by atoms with Gasteiger partial charge in [-0.2, -0.15) is 5.26 Å². The van der Waals surface area contributed by atoms with Crippen molar-refractivity contribution in [2.24, 2.45) is 0 Å². The van der Waals surface area contributed by atoms with E-state index in [1.165, 1.54) is 19.1 Å². The van der Waals surface area contributed by atoms with Gasteiger partial charge in [0.25, 0.3) is 11.8 Å². The molecule has 0 aliphatic rings. The van der Waals surface area contributed by atoms with Crippen LogP contribution in [0.5, 0.6) is 5.75 Å². The summed E-state index contributed by atoms with van der Waals surface area (Å²) in [6.45, 7) is 0.848. The summed E-state index contributed by atoms with van der Waals surface area (Å²) in [7, 11) is 0. The second kappa shape index (κ2) is 9.94. The fraction of sp³-hybridized carbons (Fsp3) is 0.158.